The molecular formula is C12H22N4O2S2. The number of thioether (sulfide) groups is 1. The quantitative estimate of drug-likeness (QED) is 0.677. The summed E-state index contributed by atoms with van der Waals surface area (Å²) in [6, 6.07) is 0.0192. The second kappa shape index (κ2) is 9.15. The molecular weight excluding hydrogens is 296 g/mol. The van der Waals surface area contributed by atoms with Crippen LogP contribution in [0.5, 0.6) is 0 Å². The number of methoxy groups -OCH3 is 1. The van der Waals surface area contributed by atoms with Gasteiger partial charge in [-0.25, -0.2) is 0 Å². The molecule has 1 rings (SSSR count). The fourth-order valence-electron chi connectivity index (χ4n) is 1.37. The minimum atomic E-state index is -0.0218. The molecule has 6 nitrogen and oxygen atoms in total. The number of hydrogen-bond donors (Lipinski definition) is 2. The molecule has 2 N–H and O–H groups in total. The molecule has 0 fully saturated rings. The Hall–Kier alpha value is -0.860. The molecule has 0 aromatic carbocycles. The third-order valence-corrected chi connectivity index (χ3v) is 4.23. The van der Waals surface area contributed by atoms with E-state index in [0.717, 1.165) is 16.0 Å². The van der Waals surface area contributed by atoms with E-state index >= 15 is 0 Å². The van der Waals surface area contributed by atoms with Gasteiger partial charge in [0.25, 0.3) is 0 Å². The Bertz CT molecular complexity index is 412. The molecule has 0 spiro atoms. The third-order valence-electron chi connectivity index (χ3n) is 2.22. The molecule has 1 heterocycles. The van der Waals surface area contributed by atoms with Crippen LogP contribution in [-0.4, -0.2) is 48.2 Å². The SMILES string of the molecule is COCC(C)NC(=O)CSc1nnc(NCC(C)C)s1. The van der Waals surface area contributed by atoms with E-state index in [2.05, 4.69) is 34.7 Å². The molecule has 0 radical (unpaired) electrons. The predicted molar refractivity (Wildman–Crippen MR) is 83.4 cm³/mol. The standard InChI is InChI=1S/C12H22N4O2S2/c1-8(2)5-13-11-15-16-12(20-11)19-7-10(17)14-9(3)6-18-4/h8-9H,5-7H2,1-4H3,(H,13,15)(H,14,17). The number of nitrogens with one attached hydrogen (secondary N) is 2. The lowest BCUT2D eigenvalue weighted by Gasteiger charge is -2.11. The van der Waals surface area contributed by atoms with Gasteiger partial charge in [0, 0.05) is 19.7 Å². The summed E-state index contributed by atoms with van der Waals surface area (Å²) < 4.78 is 5.76. The van der Waals surface area contributed by atoms with Crippen LogP contribution in [-0.2, 0) is 9.53 Å². The first kappa shape index (κ1) is 17.2. The fourth-order valence-corrected chi connectivity index (χ4v) is 2.94. The molecule has 0 saturated heterocycles. The van der Waals surface area contributed by atoms with Gasteiger partial charge in [0.05, 0.1) is 12.4 Å². The summed E-state index contributed by atoms with van der Waals surface area (Å²) in [5.74, 6) is 0.877. The van der Waals surface area contributed by atoms with E-state index in [-0.39, 0.29) is 11.9 Å². The van der Waals surface area contributed by atoms with Crippen molar-refractivity contribution in [3.8, 4) is 0 Å². The average molecular weight is 318 g/mol. The number of amides is 1. The van der Waals surface area contributed by atoms with Gasteiger partial charge in [0.1, 0.15) is 0 Å². The first-order chi connectivity index (χ1) is 9.51. The van der Waals surface area contributed by atoms with E-state index in [0.29, 0.717) is 18.3 Å². The molecule has 1 unspecified atom stereocenters. The van der Waals surface area contributed by atoms with Crippen LogP contribution < -0.4 is 10.6 Å². The highest BCUT2D eigenvalue weighted by Crippen LogP contribution is 2.25. The highest BCUT2D eigenvalue weighted by atomic mass is 32.2. The maximum Gasteiger partial charge on any atom is 0.230 e. The molecule has 0 bridgehead atoms. The highest BCUT2D eigenvalue weighted by Gasteiger charge is 2.10. The van der Waals surface area contributed by atoms with E-state index in [4.69, 9.17) is 4.74 Å². The molecule has 0 aliphatic heterocycles. The summed E-state index contributed by atoms with van der Waals surface area (Å²) in [7, 11) is 1.62. The van der Waals surface area contributed by atoms with Crippen molar-refractivity contribution >= 4 is 34.1 Å². The maximum atomic E-state index is 11.7. The van der Waals surface area contributed by atoms with Crippen molar-refractivity contribution in [3.63, 3.8) is 0 Å². The Labute approximate surface area is 128 Å². The van der Waals surface area contributed by atoms with E-state index in [1.54, 1.807) is 7.11 Å². The smallest absolute Gasteiger partial charge is 0.230 e. The van der Waals surface area contributed by atoms with Crippen LogP contribution in [0.1, 0.15) is 20.8 Å². The Morgan fingerprint density at radius 3 is 2.80 bits per heavy atom. The normalized spacial score (nSPS) is 12.4. The number of nitrogens with zero attached hydrogens (tertiary/aromatic N) is 2. The van der Waals surface area contributed by atoms with Gasteiger partial charge in [0.2, 0.25) is 11.0 Å². The lowest BCUT2D eigenvalue weighted by atomic mass is 10.2. The van der Waals surface area contributed by atoms with Crippen molar-refractivity contribution < 1.29 is 9.53 Å². The number of rotatable bonds is 9. The first-order valence-corrected chi connectivity index (χ1v) is 8.30. The zero-order chi connectivity index (χ0) is 15.0. The minimum absolute atomic E-state index is 0.0192. The summed E-state index contributed by atoms with van der Waals surface area (Å²) in [4.78, 5) is 11.7. The van der Waals surface area contributed by atoms with Crippen molar-refractivity contribution in [1.29, 1.82) is 0 Å². The number of ether oxygens (including phenoxy) is 1. The van der Waals surface area contributed by atoms with Crippen LogP contribution in [0.25, 0.3) is 0 Å². The average Bonchev–Trinajstić information content (AvgIpc) is 2.82. The number of carbonyl (C=O) groups is 1. The van der Waals surface area contributed by atoms with E-state index in [1.807, 2.05) is 6.92 Å². The molecule has 0 aliphatic rings. The van der Waals surface area contributed by atoms with Crippen LogP contribution in [0.15, 0.2) is 4.34 Å². The highest BCUT2D eigenvalue weighted by molar-refractivity contribution is 8.01. The van der Waals surface area contributed by atoms with Gasteiger partial charge in [0.15, 0.2) is 4.34 Å². The van der Waals surface area contributed by atoms with Crippen LogP contribution in [0.3, 0.4) is 0 Å². The van der Waals surface area contributed by atoms with Gasteiger partial charge in [-0.2, -0.15) is 0 Å². The zero-order valence-corrected chi connectivity index (χ0v) is 13.9. The van der Waals surface area contributed by atoms with Gasteiger partial charge in [-0.05, 0) is 12.8 Å². The van der Waals surface area contributed by atoms with Crippen molar-refractivity contribution in [2.45, 2.75) is 31.2 Å². The summed E-state index contributed by atoms with van der Waals surface area (Å²) in [6.45, 7) is 7.56. The second-order valence-electron chi connectivity index (χ2n) is 4.86. The number of hydrogen-bond acceptors (Lipinski definition) is 7. The summed E-state index contributed by atoms with van der Waals surface area (Å²) >= 11 is 2.87. The number of aromatic nitrogens is 2. The lowest BCUT2D eigenvalue weighted by molar-refractivity contribution is -0.119. The van der Waals surface area contributed by atoms with Gasteiger partial charge < -0.3 is 15.4 Å². The Morgan fingerprint density at radius 2 is 2.15 bits per heavy atom. The Morgan fingerprint density at radius 1 is 1.40 bits per heavy atom. The van der Waals surface area contributed by atoms with Crippen molar-refractivity contribution in [2.75, 3.05) is 31.3 Å². The fraction of sp³-hybridized carbons (Fsp3) is 0.750. The summed E-state index contributed by atoms with van der Waals surface area (Å²) in [5, 5.41) is 15.0. The predicted octanol–water partition coefficient (Wildman–Crippen LogP) is 1.85. The van der Waals surface area contributed by atoms with Crippen LogP contribution in [0.4, 0.5) is 5.13 Å². The van der Waals surface area contributed by atoms with Crippen LogP contribution >= 0.6 is 23.1 Å². The van der Waals surface area contributed by atoms with Gasteiger partial charge in [-0.3, -0.25) is 4.79 Å². The zero-order valence-electron chi connectivity index (χ0n) is 12.3. The van der Waals surface area contributed by atoms with Gasteiger partial charge in [-0.1, -0.05) is 36.9 Å². The molecule has 1 aromatic rings. The molecule has 20 heavy (non-hydrogen) atoms. The minimum Gasteiger partial charge on any atom is -0.383 e. The van der Waals surface area contributed by atoms with E-state index in [1.165, 1.54) is 23.1 Å². The number of carbonyl (C=O) groups excluding carboxylic acids is 1. The molecule has 1 atom stereocenters. The van der Waals surface area contributed by atoms with Crippen LogP contribution in [0, 0.1) is 5.92 Å². The van der Waals surface area contributed by atoms with E-state index in [9.17, 15) is 4.79 Å². The summed E-state index contributed by atoms with van der Waals surface area (Å²) in [5.41, 5.74) is 0. The second-order valence-corrected chi connectivity index (χ2v) is 7.06. The van der Waals surface area contributed by atoms with Gasteiger partial charge >= 0.3 is 0 Å². The van der Waals surface area contributed by atoms with Crippen LogP contribution in [0.2, 0.25) is 0 Å². The molecule has 1 aromatic heterocycles. The molecule has 0 saturated carbocycles. The summed E-state index contributed by atoms with van der Waals surface area (Å²) in [6.07, 6.45) is 0. The van der Waals surface area contributed by atoms with E-state index < -0.39 is 0 Å². The molecule has 114 valence electrons. The Kier molecular flexibility index (Phi) is 7.86. The van der Waals surface area contributed by atoms with Gasteiger partial charge in [-0.15, -0.1) is 10.2 Å². The molecule has 0 aliphatic carbocycles. The third kappa shape index (κ3) is 7.06. The van der Waals surface area contributed by atoms with Crippen molar-refractivity contribution in [2.24, 2.45) is 5.92 Å². The Balaban J connectivity index is 2.29. The lowest BCUT2D eigenvalue weighted by Crippen LogP contribution is -2.36. The maximum absolute atomic E-state index is 11.7. The topological polar surface area (TPSA) is 76.1 Å². The molecule has 1 amide bonds. The number of anilines is 1. The van der Waals surface area contributed by atoms with Crippen molar-refractivity contribution in [1.82, 2.24) is 15.5 Å². The molecule has 8 heteroatoms. The monoisotopic (exact) mass is 318 g/mol. The first-order valence-electron chi connectivity index (χ1n) is 6.49. The largest absolute Gasteiger partial charge is 0.383 e. The van der Waals surface area contributed by atoms with Crippen molar-refractivity contribution in [3.05, 3.63) is 0 Å².